The molecule has 0 saturated heterocycles. The standard InChI is InChI=1S/C34H38N4O2/c1-4-37(5-2)23-28-22-32-31(35-28)12-8-9-21-38(32)34(40)26-17-19-27(20-18-26)36-33(39)30-11-7-6-10-29(30)25-15-13-24(3)14-16-25/h6-7,10-11,13-20,22,35H,4-5,8-9,12,21,23H2,1-3H3,(H,36,39). The van der Waals surface area contributed by atoms with Gasteiger partial charge in [-0.1, -0.05) is 61.9 Å². The highest BCUT2D eigenvalue weighted by Crippen LogP contribution is 2.30. The van der Waals surface area contributed by atoms with Gasteiger partial charge in [0.15, 0.2) is 0 Å². The Balaban J connectivity index is 1.32. The lowest BCUT2D eigenvalue weighted by Gasteiger charge is -2.21. The van der Waals surface area contributed by atoms with Crippen molar-refractivity contribution in [3.63, 3.8) is 0 Å². The Morgan fingerprint density at radius 2 is 1.65 bits per heavy atom. The number of carbonyl (C=O) groups excluding carboxylic acids is 2. The number of hydrogen-bond acceptors (Lipinski definition) is 3. The molecule has 0 unspecified atom stereocenters. The normalized spacial score (nSPS) is 13.2. The van der Waals surface area contributed by atoms with Gasteiger partial charge in [0.1, 0.15) is 0 Å². The van der Waals surface area contributed by atoms with Crippen LogP contribution in [0.1, 0.15) is 64.4 Å². The van der Waals surface area contributed by atoms with Crippen molar-refractivity contribution in [1.29, 1.82) is 0 Å². The van der Waals surface area contributed by atoms with Gasteiger partial charge in [0, 0.05) is 41.3 Å². The van der Waals surface area contributed by atoms with E-state index in [0.717, 1.165) is 67.1 Å². The molecule has 3 aromatic carbocycles. The van der Waals surface area contributed by atoms with Crippen LogP contribution in [0.2, 0.25) is 0 Å². The maximum atomic E-state index is 13.7. The molecule has 0 saturated carbocycles. The summed E-state index contributed by atoms with van der Waals surface area (Å²) in [5, 5.41) is 3.01. The maximum absolute atomic E-state index is 13.7. The van der Waals surface area contributed by atoms with Crippen LogP contribution < -0.4 is 10.2 Å². The zero-order chi connectivity index (χ0) is 28.1. The Morgan fingerprint density at radius 1 is 0.925 bits per heavy atom. The molecule has 4 aromatic rings. The highest BCUT2D eigenvalue weighted by atomic mass is 16.2. The summed E-state index contributed by atoms with van der Waals surface area (Å²) in [4.78, 5) is 34.8. The number of fused-ring (bicyclic) bond motifs is 1. The lowest BCUT2D eigenvalue weighted by atomic mass is 9.98. The third-order valence-electron chi connectivity index (χ3n) is 7.74. The Morgan fingerprint density at radius 3 is 2.38 bits per heavy atom. The predicted molar refractivity (Wildman–Crippen MR) is 163 cm³/mol. The second-order valence-corrected chi connectivity index (χ2v) is 10.5. The quantitative estimate of drug-likeness (QED) is 0.254. The molecule has 0 aliphatic carbocycles. The first kappa shape index (κ1) is 27.4. The fourth-order valence-electron chi connectivity index (χ4n) is 5.37. The van der Waals surface area contributed by atoms with Crippen LogP contribution in [0.15, 0.2) is 78.9 Å². The van der Waals surface area contributed by atoms with Crippen molar-refractivity contribution in [3.8, 4) is 11.1 Å². The van der Waals surface area contributed by atoms with E-state index in [1.807, 2.05) is 60.4 Å². The van der Waals surface area contributed by atoms with E-state index in [0.29, 0.717) is 23.4 Å². The summed E-state index contributed by atoms with van der Waals surface area (Å²) in [6.07, 6.45) is 2.97. The van der Waals surface area contributed by atoms with E-state index in [4.69, 9.17) is 0 Å². The van der Waals surface area contributed by atoms with Gasteiger partial charge in [-0.25, -0.2) is 0 Å². The molecule has 40 heavy (non-hydrogen) atoms. The lowest BCUT2D eigenvalue weighted by Crippen LogP contribution is -2.31. The highest BCUT2D eigenvalue weighted by Gasteiger charge is 2.25. The van der Waals surface area contributed by atoms with E-state index in [1.165, 1.54) is 5.56 Å². The number of benzene rings is 3. The molecule has 2 amide bonds. The molecule has 0 spiro atoms. The zero-order valence-electron chi connectivity index (χ0n) is 23.7. The minimum absolute atomic E-state index is 0.0147. The zero-order valence-corrected chi connectivity index (χ0v) is 23.7. The minimum Gasteiger partial charge on any atom is -0.359 e. The minimum atomic E-state index is -0.180. The maximum Gasteiger partial charge on any atom is 0.258 e. The summed E-state index contributed by atoms with van der Waals surface area (Å²) < 4.78 is 0. The molecule has 1 aliphatic heterocycles. The molecule has 5 rings (SSSR count). The molecule has 6 heteroatoms. The summed E-state index contributed by atoms with van der Waals surface area (Å²) >= 11 is 0. The molecule has 1 aromatic heterocycles. The van der Waals surface area contributed by atoms with Crippen molar-refractivity contribution in [1.82, 2.24) is 9.88 Å². The third-order valence-corrected chi connectivity index (χ3v) is 7.74. The molecule has 0 fully saturated rings. The number of hydrogen-bond donors (Lipinski definition) is 2. The first-order valence-electron chi connectivity index (χ1n) is 14.3. The predicted octanol–water partition coefficient (Wildman–Crippen LogP) is 7.07. The summed E-state index contributed by atoms with van der Waals surface area (Å²) in [5.74, 6) is -0.195. The molecule has 0 bridgehead atoms. The Bertz CT molecular complexity index is 1470. The molecule has 2 N–H and O–H groups in total. The van der Waals surface area contributed by atoms with Crippen molar-refractivity contribution in [2.45, 2.75) is 46.6 Å². The number of amides is 2. The summed E-state index contributed by atoms with van der Waals surface area (Å²) in [7, 11) is 0. The number of H-pyrrole nitrogens is 1. The Labute approximate surface area is 237 Å². The van der Waals surface area contributed by atoms with Crippen LogP contribution in [0.3, 0.4) is 0 Å². The van der Waals surface area contributed by atoms with E-state index in [2.05, 4.69) is 35.1 Å². The van der Waals surface area contributed by atoms with Gasteiger partial charge in [-0.3, -0.25) is 14.5 Å². The third kappa shape index (κ3) is 6.02. The molecule has 0 atom stereocenters. The van der Waals surface area contributed by atoms with Crippen LogP contribution in [-0.4, -0.2) is 41.3 Å². The fraction of sp³-hybridized carbons (Fsp3) is 0.294. The van der Waals surface area contributed by atoms with Crippen molar-refractivity contribution in [2.24, 2.45) is 0 Å². The Kier molecular flexibility index (Phi) is 8.46. The molecule has 1 aliphatic rings. The smallest absolute Gasteiger partial charge is 0.258 e. The van der Waals surface area contributed by atoms with Gasteiger partial charge in [0.05, 0.1) is 5.69 Å². The van der Waals surface area contributed by atoms with Gasteiger partial charge in [-0.2, -0.15) is 0 Å². The lowest BCUT2D eigenvalue weighted by molar-refractivity contribution is 0.0985. The van der Waals surface area contributed by atoms with E-state index in [9.17, 15) is 9.59 Å². The van der Waals surface area contributed by atoms with E-state index >= 15 is 0 Å². The van der Waals surface area contributed by atoms with Crippen LogP contribution in [0.5, 0.6) is 0 Å². The number of aromatic nitrogens is 1. The van der Waals surface area contributed by atoms with E-state index in [-0.39, 0.29) is 11.8 Å². The molecule has 6 nitrogen and oxygen atoms in total. The van der Waals surface area contributed by atoms with Gasteiger partial charge < -0.3 is 15.2 Å². The van der Waals surface area contributed by atoms with Crippen molar-refractivity contribution >= 4 is 23.2 Å². The second-order valence-electron chi connectivity index (χ2n) is 10.5. The fourth-order valence-corrected chi connectivity index (χ4v) is 5.37. The van der Waals surface area contributed by atoms with Gasteiger partial charge in [-0.15, -0.1) is 0 Å². The van der Waals surface area contributed by atoms with Crippen LogP contribution >= 0.6 is 0 Å². The topological polar surface area (TPSA) is 68.4 Å². The van der Waals surface area contributed by atoms with Crippen molar-refractivity contribution in [3.05, 3.63) is 107 Å². The van der Waals surface area contributed by atoms with Crippen LogP contribution in [0.4, 0.5) is 11.4 Å². The number of rotatable bonds is 8. The van der Waals surface area contributed by atoms with Gasteiger partial charge in [-0.05, 0) is 86.8 Å². The Hall–Kier alpha value is -4.16. The average molecular weight is 535 g/mol. The number of aromatic amines is 1. The van der Waals surface area contributed by atoms with Crippen LogP contribution in [0, 0.1) is 6.92 Å². The molecule has 206 valence electrons. The monoisotopic (exact) mass is 534 g/mol. The van der Waals surface area contributed by atoms with Gasteiger partial charge >= 0.3 is 0 Å². The number of aryl methyl sites for hydroxylation is 2. The first-order valence-corrected chi connectivity index (χ1v) is 14.3. The molecular formula is C34H38N4O2. The molecular weight excluding hydrogens is 496 g/mol. The van der Waals surface area contributed by atoms with Gasteiger partial charge in [0.25, 0.3) is 11.8 Å². The second kappa shape index (κ2) is 12.3. The first-order chi connectivity index (χ1) is 19.5. The largest absolute Gasteiger partial charge is 0.359 e. The van der Waals surface area contributed by atoms with Gasteiger partial charge in [0.2, 0.25) is 0 Å². The summed E-state index contributed by atoms with van der Waals surface area (Å²) in [6.45, 7) is 9.91. The SMILES string of the molecule is CCN(CC)Cc1cc2c([nH]1)CCCCN2C(=O)c1ccc(NC(=O)c2ccccc2-c2ccc(C)cc2)cc1. The number of anilines is 2. The van der Waals surface area contributed by atoms with E-state index < -0.39 is 0 Å². The van der Waals surface area contributed by atoms with Crippen molar-refractivity contribution in [2.75, 3.05) is 29.9 Å². The van der Waals surface area contributed by atoms with Crippen LogP contribution in [0.25, 0.3) is 11.1 Å². The average Bonchev–Trinajstić information content (AvgIpc) is 3.27. The van der Waals surface area contributed by atoms with E-state index in [1.54, 1.807) is 24.3 Å². The van der Waals surface area contributed by atoms with Crippen LogP contribution in [-0.2, 0) is 13.0 Å². The van der Waals surface area contributed by atoms with Crippen molar-refractivity contribution < 1.29 is 9.59 Å². The summed E-state index contributed by atoms with van der Waals surface area (Å²) in [6, 6.07) is 25.2. The molecule has 2 heterocycles. The highest BCUT2D eigenvalue weighted by molar-refractivity contribution is 6.09. The number of nitrogens with one attached hydrogen (secondary N) is 2. The molecule has 0 radical (unpaired) electrons. The summed E-state index contributed by atoms with van der Waals surface area (Å²) in [5.41, 5.74) is 8.22. The number of nitrogens with zero attached hydrogens (tertiary/aromatic N) is 2. The number of carbonyl (C=O) groups is 2.